The molecule has 7 heteroatoms. The van der Waals surface area contributed by atoms with Crippen LogP contribution in [0.15, 0.2) is 46.2 Å². The van der Waals surface area contributed by atoms with Gasteiger partial charge in [0.05, 0.1) is 23.2 Å². The Hall–Kier alpha value is -3.22. The number of amidine groups is 1. The minimum atomic E-state index is -0.0253. The summed E-state index contributed by atoms with van der Waals surface area (Å²) in [4.78, 5) is 0. The van der Waals surface area contributed by atoms with Crippen LogP contribution in [0.2, 0.25) is 0 Å². The molecule has 0 aliphatic heterocycles. The largest absolute Gasteiger partial charge is 0.508 e. The third-order valence-corrected chi connectivity index (χ3v) is 3.83. The Kier molecular flexibility index (Phi) is 3.99. The van der Waals surface area contributed by atoms with Crippen molar-refractivity contribution in [1.82, 2.24) is 9.78 Å². The van der Waals surface area contributed by atoms with Crippen LogP contribution in [-0.2, 0) is 6.42 Å². The molecule has 0 radical (unpaired) electrons. The summed E-state index contributed by atoms with van der Waals surface area (Å²) in [5, 5.41) is 26.4. The number of phenols is 1. The monoisotopic (exact) mass is 326 g/mol. The quantitative estimate of drug-likeness (QED) is 0.295. The third kappa shape index (κ3) is 2.50. The van der Waals surface area contributed by atoms with E-state index >= 15 is 0 Å². The van der Waals surface area contributed by atoms with Gasteiger partial charge in [-0.1, -0.05) is 12.1 Å². The van der Waals surface area contributed by atoms with E-state index in [1.807, 2.05) is 19.9 Å². The number of hydrogen-bond donors (Lipinski definition) is 3. The molecule has 2 heterocycles. The first-order valence-electron chi connectivity index (χ1n) is 7.50. The summed E-state index contributed by atoms with van der Waals surface area (Å²) in [6.45, 7) is 3.85. The number of hydrogen-bond acceptors (Lipinski definition) is 5. The fourth-order valence-electron chi connectivity index (χ4n) is 2.64. The van der Waals surface area contributed by atoms with Crippen molar-refractivity contribution in [3.05, 3.63) is 53.4 Å². The maximum Gasteiger partial charge on any atom is 0.174 e. The normalized spacial score (nSPS) is 11.8. The number of nitrogens with zero attached hydrogens (tertiary/aromatic N) is 3. The van der Waals surface area contributed by atoms with E-state index in [1.54, 1.807) is 35.2 Å². The molecule has 1 aromatic carbocycles. The van der Waals surface area contributed by atoms with Gasteiger partial charge in [0.25, 0.3) is 0 Å². The van der Waals surface area contributed by atoms with E-state index in [0.29, 0.717) is 29.1 Å². The van der Waals surface area contributed by atoms with E-state index in [1.165, 1.54) is 0 Å². The van der Waals surface area contributed by atoms with E-state index in [-0.39, 0.29) is 11.6 Å². The van der Waals surface area contributed by atoms with Crippen molar-refractivity contribution in [2.75, 3.05) is 0 Å². The summed E-state index contributed by atoms with van der Waals surface area (Å²) in [7, 11) is 0. The van der Waals surface area contributed by atoms with Gasteiger partial charge in [-0.3, -0.25) is 0 Å². The van der Waals surface area contributed by atoms with Crippen LogP contribution in [0, 0.1) is 6.92 Å². The number of aromatic hydroxyl groups is 1. The van der Waals surface area contributed by atoms with E-state index < -0.39 is 0 Å². The van der Waals surface area contributed by atoms with Crippen LogP contribution in [0.3, 0.4) is 0 Å². The van der Waals surface area contributed by atoms with Gasteiger partial charge in [0.2, 0.25) is 0 Å². The molecule has 124 valence electrons. The second-order valence-corrected chi connectivity index (χ2v) is 5.37. The van der Waals surface area contributed by atoms with Gasteiger partial charge >= 0.3 is 0 Å². The maximum atomic E-state index is 9.51. The summed E-state index contributed by atoms with van der Waals surface area (Å²) in [5.41, 5.74) is 9.37. The highest BCUT2D eigenvalue weighted by molar-refractivity contribution is 6.03. The van der Waals surface area contributed by atoms with E-state index in [2.05, 4.69) is 10.3 Å². The lowest BCUT2D eigenvalue weighted by Gasteiger charge is -2.08. The number of benzene rings is 1. The first-order chi connectivity index (χ1) is 11.6. The fraction of sp³-hybridized carbons (Fsp3) is 0.176. The van der Waals surface area contributed by atoms with Crippen LogP contribution < -0.4 is 5.73 Å². The van der Waals surface area contributed by atoms with E-state index in [4.69, 9.17) is 10.2 Å². The Morgan fingerprint density at radius 1 is 1.29 bits per heavy atom. The van der Waals surface area contributed by atoms with Crippen molar-refractivity contribution in [2.24, 2.45) is 10.9 Å². The maximum absolute atomic E-state index is 9.51. The number of aryl methyl sites for hydroxylation is 2. The molecule has 0 fully saturated rings. The highest BCUT2D eigenvalue weighted by Crippen LogP contribution is 2.32. The smallest absolute Gasteiger partial charge is 0.174 e. The molecule has 0 aliphatic carbocycles. The van der Waals surface area contributed by atoms with Gasteiger partial charge in [-0.25, -0.2) is 4.68 Å². The predicted octanol–water partition coefficient (Wildman–Crippen LogP) is 2.80. The zero-order valence-electron chi connectivity index (χ0n) is 13.4. The molecule has 0 amide bonds. The minimum Gasteiger partial charge on any atom is -0.508 e. The molecule has 0 unspecified atom stereocenters. The Labute approximate surface area is 138 Å². The second-order valence-electron chi connectivity index (χ2n) is 5.37. The van der Waals surface area contributed by atoms with E-state index in [9.17, 15) is 10.3 Å². The summed E-state index contributed by atoms with van der Waals surface area (Å²) in [6, 6.07) is 8.46. The standard InChI is InChI=1S/C17H18N4O3/c1-3-13-14(17(18)20-23)15(16-10(2)8-9-24-16)21(19-13)11-4-6-12(22)7-5-11/h4-9,22-23H,3H2,1-2H3,(H2,18,20). The third-order valence-electron chi connectivity index (χ3n) is 3.83. The van der Waals surface area contributed by atoms with Gasteiger partial charge in [-0.15, -0.1) is 0 Å². The van der Waals surface area contributed by atoms with Gasteiger partial charge in [-0.2, -0.15) is 5.10 Å². The molecule has 3 rings (SSSR count). The lowest BCUT2D eigenvalue weighted by Crippen LogP contribution is -2.16. The lowest BCUT2D eigenvalue weighted by molar-refractivity contribution is 0.318. The average molecular weight is 326 g/mol. The molecular weight excluding hydrogens is 308 g/mol. The number of phenolic OH excluding ortho intramolecular Hbond substituents is 1. The summed E-state index contributed by atoms with van der Waals surface area (Å²) in [5.74, 6) is 0.730. The molecule has 4 N–H and O–H groups in total. The predicted molar refractivity (Wildman–Crippen MR) is 89.6 cm³/mol. The molecule has 0 saturated heterocycles. The Bertz CT molecular complexity index is 891. The van der Waals surface area contributed by atoms with Crippen molar-refractivity contribution in [3.8, 4) is 22.9 Å². The molecule has 24 heavy (non-hydrogen) atoms. The van der Waals surface area contributed by atoms with Gasteiger partial charge in [0.1, 0.15) is 11.4 Å². The van der Waals surface area contributed by atoms with Crippen LogP contribution in [0.5, 0.6) is 5.75 Å². The summed E-state index contributed by atoms with van der Waals surface area (Å²) in [6.07, 6.45) is 2.18. The van der Waals surface area contributed by atoms with Gasteiger partial charge in [0, 0.05) is 0 Å². The average Bonchev–Trinajstić information content (AvgIpc) is 3.17. The molecule has 7 nitrogen and oxygen atoms in total. The zero-order valence-corrected chi connectivity index (χ0v) is 13.4. The number of aromatic nitrogens is 2. The SMILES string of the molecule is CCc1nn(-c2ccc(O)cc2)c(-c2occc2C)c1C(N)=NO. The molecular formula is C17H18N4O3. The second kappa shape index (κ2) is 6.11. The van der Waals surface area contributed by atoms with Crippen molar-refractivity contribution in [1.29, 1.82) is 0 Å². The summed E-state index contributed by atoms with van der Waals surface area (Å²) >= 11 is 0. The number of rotatable bonds is 4. The molecule has 0 spiro atoms. The van der Waals surface area contributed by atoms with Crippen LogP contribution in [0.1, 0.15) is 23.7 Å². The van der Waals surface area contributed by atoms with Crippen molar-refractivity contribution >= 4 is 5.84 Å². The first kappa shape index (κ1) is 15.7. The Morgan fingerprint density at radius 2 is 2.00 bits per heavy atom. The molecule has 0 aliphatic rings. The Balaban J connectivity index is 2.35. The molecule has 0 bridgehead atoms. The van der Waals surface area contributed by atoms with Gasteiger partial charge in [-0.05, 0) is 49.2 Å². The van der Waals surface area contributed by atoms with Crippen molar-refractivity contribution < 1.29 is 14.7 Å². The van der Waals surface area contributed by atoms with Crippen LogP contribution in [-0.4, -0.2) is 25.9 Å². The van der Waals surface area contributed by atoms with Crippen LogP contribution in [0.25, 0.3) is 17.1 Å². The van der Waals surface area contributed by atoms with Gasteiger partial charge < -0.3 is 20.5 Å². The summed E-state index contributed by atoms with van der Waals surface area (Å²) < 4.78 is 7.31. The zero-order chi connectivity index (χ0) is 17.3. The minimum absolute atomic E-state index is 0.0253. The molecule has 2 aromatic heterocycles. The molecule has 0 saturated carbocycles. The number of furan rings is 1. The topological polar surface area (TPSA) is 110 Å². The van der Waals surface area contributed by atoms with Gasteiger partial charge in [0.15, 0.2) is 11.6 Å². The Morgan fingerprint density at radius 3 is 2.54 bits per heavy atom. The number of nitrogens with two attached hydrogens (primary N) is 1. The highest BCUT2D eigenvalue weighted by Gasteiger charge is 2.25. The number of oxime groups is 1. The van der Waals surface area contributed by atoms with Crippen LogP contribution >= 0.6 is 0 Å². The highest BCUT2D eigenvalue weighted by atomic mass is 16.4. The van der Waals surface area contributed by atoms with Crippen molar-refractivity contribution in [3.63, 3.8) is 0 Å². The molecule has 3 aromatic rings. The van der Waals surface area contributed by atoms with Crippen LogP contribution in [0.4, 0.5) is 0 Å². The van der Waals surface area contributed by atoms with Crippen molar-refractivity contribution in [2.45, 2.75) is 20.3 Å². The first-order valence-corrected chi connectivity index (χ1v) is 7.50. The van der Waals surface area contributed by atoms with E-state index in [0.717, 1.165) is 11.3 Å². The fourth-order valence-corrected chi connectivity index (χ4v) is 2.64. The molecule has 0 atom stereocenters. The lowest BCUT2D eigenvalue weighted by atomic mass is 10.1.